The first kappa shape index (κ1) is 21.5. The Labute approximate surface area is 178 Å². The molecule has 0 aliphatic heterocycles. The van der Waals surface area contributed by atoms with Crippen molar-refractivity contribution in [2.24, 2.45) is 0 Å². The average Bonchev–Trinajstić information content (AvgIpc) is 2.75. The number of carboxylic acids is 1. The second-order valence-electron chi connectivity index (χ2n) is 6.95. The number of hydrogen-bond donors (Lipinski definition) is 3. The first-order chi connectivity index (χ1) is 14.8. The van der Waals surface area contributed by atoms with Crippen molar-refractivity contribution >= 4 is 17.4 Å². The molecule has 8 heteroatoms. The van der Waals surface area contributed by atoms with E-state index in [2.05, 4.69) is 16.9 Å². The van der Waals surface area contributed by atoms with Gasteiger partial charge in [0.05, 0.1) is 6.54 Å². The second-order valence-corrected chi connectivity index (χ2v) is 6.95. The number of carbonyl (C=O) groups excluding carboxylic acids is 1. The highest BCUT2D eigenvalue weighted by Gasteiger charge is 2.23. The second kappa shape index (κ2) is 9.08. The van der Waals surface area contributed by atoms with Crippen LogP contribution in [0.4, 0.5) is 0 Å². The van der Waals surface area contributed by atoms with Crippen molar-refractivity contribution in [2.75, 3.05) is 6.54 Å². The normalized spacial score (nSPS) is 10.5. The number of carbonyl (C=O) groups is 2. The fourth-order valence-corrected chi connectivity index (χ4v) is 3.02. The summed E-state index contributed by atoms with van der Waals surface area (Å²) in [5.74, 6) is -2.87. The molecule has 0 bridgehead atoms. The van der Waals surface area contributed by atoms with Gasteiger partial charge in [-0.2, -0.15) is 4.98 Å². The summed E-state index contributed by atoms with van der Waals surface area (Å²) in [7, 11) is 0. The van der Waals surface area contributed by atoms with Crippen LogP contribution in [0.1, 0.15) is 28.4 Å². The molecule has 8 nitrogen and oxygen atoms in total. The van der Waals surface area contributed by atoms with Gasteiger partial charge >= 0.3 is 5.97 Å². The van der Waals surface area contributed by atoms with Crippen molar-refractivity contribution in [1.82, 2.24) is 14.9 Å². The highest BCUT2D eigenvalue weighted by Crippen LogP contribution is 2.21. The molecular weight excluding hydrogens is 398 g/mol. The molecule has 3 rings (SSSR count). The summed E-state index contributed by atoms with van der Waals surface area (Å²) in [6, 6.07) is 16.2. The van der Waals surface area contributed by atoms with Gasteiger partial charge in [0.15, 0.2) is 5.56 Å². The minimum atomic E-state index is -1.28. The van der Waals surface area contributed by atoms with E-state index in [1.165, 1.54) is 4.57 Å². The summed E-state index contributed by atoms with van der Waals surface area (Å²) in [6.45, 7) is 5.18. The van der Waals surface area contributed by atoms with Gasteiger partial charge in [-0.25, -0.2) is 0 Å². The van der Waals surface area contributed by atoms with E-state index in [1.54, 1.807) is 30.3 Å². The number of carboxylic acid groups (broad SMARTS) is 1. The zero-order chi connectivity index (χ0) is 22.5. The first-order valence-corrected chi connectivity index (χ1v) is 9.42. The van der Waals surface area contributed by atoms with E-state index in [-0.39, 0.29) is 12.4 Å². The SMILES string of the molecule is C=C(C)c1ccc(Cn2c(-c3ccccc3)nc(O)c(C(=O)NCC(=O)O)c2=O)cc1. The number of hydrogen-bond acceptors (Lipinski definition) is 5. The molecule has 3 N–H and O–H groups in total. The van der Waals surface area contributed by atoms with E-state index in [1.807, 2.05) is 31.2 Å². The van der Waals surface area contributed by atoms with Gasteiger partial charge in [-0.05, 0) is 18.1 Å². The van der Waals surface area contributed by atoms with Crippen LogP contribution in [0.15, 0.2) is 66.0 Å². The molecule has 0 radical (unpaired) electrons. The lowest BCUT2D eigenvalue weighted by atomic mass is 10.1. The zero-order valence-electron chi connectivity index (χ0n) is 16.8. The van der Waals surface area contributed by atoms with Gasteiger partial charge in [-0.15, -0.1) is 0 Å². The zero-order valence-corrected chi connectivity index (χ0v) is 16.8. The molecule has 0 aliphatic rings. The van der Waals surface area contributed by atoms with Crippen LogP contribution >= 0.6 is 0 Å². The van der Waals surface area contributed by atoms with Gasteiger partial charge in [-0.1, -0.05) is 66.7 Å². The molecular formula is C23H21N3O5. The molecule has 31 heavy (non-hydrogen) atoms. The van der Waals surface area contributed by atoms with Crippen molar-refractivity contribution in [3.8, 4) is 17.3 Å². The van der Waals surface area contributed by atoms with E-state index in [0.29, 0.717) is 5.56 Å². The fraction of sp³-hybridized carbons (Fsp3) is 0.130. The van der Waals surface area contributed by atoms with Crippen LogP contribution in [0.5, 0.6) is 5.88 Å². The summed E-state index contributed by atoms with van der Waals surface area (Å²) in [6.07, 6.45) is 0. The molecule has 1 heterocycles. The molecule has 0 saturated carbocycles. The third-order valence-corrected chi connectivity index (χ3v) is 4.60. The van der Waals surface area contributed by atoms with Crippen LogP contribution < -0.4 is 10.9 Å². The maximum absolute atomic E-state index is 13.2. The van der Waals surface area contributed by atoms with Crippen LogP contribution in [-0.4, -0.2) is 38.2 Å². The molecule has 0 spiro atoms. The maximum Gasteiger partial charge on any atom is 0.322 e. The Balaban J connectivity index is 2.12. The van der Waals surface area contributed by atoms with Gasteiger partial charge in [0, 0.05) is 5.56 Å². The summed E-state index contributed by atoms with van der Waals surface area (Å²) >= 11 is 0. The minimum absolute atomic E-state index is 0.0893. The van der Waals surface area contributed by atoms with Crippen LogP contribution in [0.2, 0.25) is 0 Å². The fourth-order valence-electron chi connectivity index (χ4n) is 3.02. The summed E-state index contributed by atoms with van der Waals surface area (Å²) in [4.78, 5) is 40.4. The third kappa shape index (κ3) is 4.87. The van der Waals surface area contributed by atoms with Crippen LogP contribution in [0.3, 0.4) is 0 Å². The van der Waals surface area contributed by atoms with Crippen molar-refractivity contribution in [1.29, 1.82) is 0 Å². The Hall–Kier alpha value is -4.20. The van der Waals surface area contributed by atoms with E-state index >= 15 is 0 Å². The monoisotopic (exact) mass is 419 g/mol. The predicted octanol–water partition coefficient (Wildman–Crippen LogP) is 2.51. The number of rotatable bonds is 7. The summed E-state index contributed by atoms with van der Waals surface area (Å²) in [5, 5.41) is 21.2. The molecule has 0 fully saturated rings. The number of benzene rings is 2. The molecule has 1 amide bonds. The van der Waals surface area contributed by atoms with Crippen LogP contribution in [0, 0.1) is 0 Å². The van der Waals surface area contributed by atoms with Crippen LogP contribution in [-0.2, 0) is 11.3 Å². The number of aromatic nitrogens is 2. The highest BCUT2D eigenvalue weighted by atomic mass is 16.4. The minimum Gasteiger partial charge on any atom is -0.493 e. The molecule has 0 saturated heterocycles. The smallest absolute Gasteiger partial charge is 0.322 e. The average molecular weight is 419 g/mol. The Bertz CT molecular complexity index is 1200. The number of aromatic hydroxyl groups is 1. The highest BCUT2D eigenvalue weighted by molar-refractivity contribution is 5.97. The van der Waals surface area contributed by atoms with Crippen molar-refractivity contribution in [3.63, 3.8) is 0 Å². The van der Waals surface area contributed by atoms with Gasteiger partial charge in [0.2, 0.25) is 5.88 Å². The third-order valence-electron chi connectivity index (χ3n) is 4.60. The van der Waals surface area contributed by atoms with Gasteiger partial charge < -0.3 is 15.5 Å². The van der Waals surface area contributed by atoms with Crippen LogP contribution in [0.25, 0.3) is 17.0 Å². The first-order valence-electron chi connectivity index (χ1n) is 9.42. The number of nitrogens with one attached hydrogen (secondary N) is 1. The summed E-state index contributed by atoms with van der Waals surface area (Å²) in [5.41, 5.74) is 1.81. The Morgan fingerprint density at radius 3 is 2.32 bits per heavy atom. The molecule has 2 aromatic carbocycles. The Kier molecular flexibility index (Phi) is 6.30. The molecule has 0 aliphatic carbocycles. The largest absolute Gasteiger partial charge is 0.493 e. The molecule has 1 aromatic heterocycles. The van der Waals surface area contributed by atoms with E-state index < -0.39 is 35.4 Å². The quantitative estimate of drug-likeness (QED) is 0.541. The lowest BCUT2D eigenvalue weighted by molar-refractivity contribution is -0.135. The number of amides is 1. The van der Waals surface area contributed by atoms with Crippen molar-refractivity contribution in [2.45, 2.75) is 13.5 Å². The Morgan fingerprint density at radius 1 is 1.10 bits per heavy atom. The van der Waals surface area contributed by atoms with Gasteiger partial charge in [0.25, 0.3) is 11.5 Å². The topological polar surface area (TPSA) is 122 Å². The van der Waals surface area contributed by atoms with E-state index in [0.717, 1.165) is 16.7 Å². The van der Waals surface area contributed by atoms with Gasteiger partial charge in [0.1, 0.15) is 12.4 Å². The number of allylic oxidation sites excluding steroid dienone is 1. The lowest BCUT2D eigenvalue weighted by Crippen LogP contribution is -2.36. The predicted molar refractivity (Wildman–Crippen MR) is 116 cm³/mol. The number of aliphatic carboxylic acids is 1. The molecule has 3 aromatic rings. The summed E-state index contributed by atoms with van der Waals surface area (Å²) < 4.78 is 1.28. The van der Waals surface area contributed by atoms with Crippen molar-refractivity contribution < 1.29 is 19.8 Å². The maximum atomic E-state index is 13.2. The van der Waals surface area contributed by atoms with E-state index in [9.17, 15) is 19.5 Å². The van der Waals surface area contributed by atoms with Gasteiger partial charge in [-0.3, -0.25) is 19.0 Å². The Morgan fingerprint density at radius 2 is 1.74 bits per heavy atom. The van der Waals surface area contributed by atoms with E-state index in [4.69, 9.17) is 5.11 Å². The molecule has 158 valence electrons. The number of nitrogens with zero attached hydrogens (tertiary/aromatic N) is 2. The standard InChI is InChI=1S/C23H21N3O5/c1-14(2)16-10-8-15(9-11-16)13-26-20(17-6-4-3-5-7-17)25-22(30)19(23(26)31)21(29)24-12-18(27)28/h3-11,30H,1,12-13H2,2H3,(H,24,29)(H,27,28). The lowest BCUT2D eigenvalue weighted by Gasteiger charge is -2.15. The molecule has 0 unspecified atom stereocenters. The van der Waals surface area contributed by atoms with Crippen molar-refractivity contribution in [3.05, 3.63) is 88.2 Å². The molecule has 0 atom stereocenters.